The van der Waals surface area contributed by atoms with Crippen LogP contribution in [0.2, 0.25) is 0 Å². The monoisotopic (exact) mass is 384 g/mol. The quantitative estimate of drug-likeness (QED) is 0.414. The number of phenolic OH excluding ortho intramolecular Hbond substituents is 1. The summed E-state index contributed by atoms with van der Waals surface area (Å²) in [5, 5.41) is 9.32. The van der Waals surface area contributed by atoms with E-state index in [2.05, 4.69) is 0 Å². The number of ether oxygens (including phenoxy) is 4. The molecule has 0 aliphatic rings. The van der Waals surface area contributed by atoms with Crippen LogP contribution >= 0.6 is 0 Å². The maximum atomic E-state index is 13.4. The predicted octanol–water partition coefficient (Wildman–Crippen LogP) is 3.78. The fraction of sp³-hybridized carbons (Fsp3) is 0.647. The molecule has 1 aromatic carbocycles. The standard InChI is InChI=1S/C17H24F4O5/c1-23-5-2-6-24-7-3-8-25-9-4-10-26-13-11-14(18)16(15(22)12-13)17(19,20)21/h11-12,22H,2-10H2,1H3. The Morgan fingerprint density at radius 1 is 0.885 bits per heavy atom. The van der Waals surface area contributed by atoms with Crippen molar-refractivity contribution in [3.05, 3.63) is 23.5 Å². The predicted molar refractivity (Wildman–Crippen MR) is 85.9 cm³/mol. The molecule has 0 aliphatic heterocycles. The second-order valence-corrected chi connectivity index (χ2v) is 5.42. The smallest absolute Gasteiger partial charge is 0.422 e. The summed E-state index contributed by atoms with van der Waals surface area (Å²) in [4.78, 5) is 0. The molecule has 9 heteroatoms. The summed E-state index contributed by atoms with van der Waals surface area (Å²) in [5.41, 5.74) is -1.70. The summed E-state index contributed by atoms with van der Waals surface area (Å²) in [6.07, 6.45) is -2.91. The molecule has 1 aromatic rings. The molecule has 5 nitrogen and oxygen atoms in total. The Morgan fingerprint density at radius 3 is 1.92 bits per heavy atom. The molecular weight excluding hydrogens is 360 g/mol. The van der Waals surface area contributed by atoms with Gasteiger partial charge >= 0.3 is 6.18 Å². The van der Waals surface area contributed by atoms with Gasteiger partial charge in [0.25, 0.3) is 0 Å². The minimum absolute atomic E-state index is 0.123. The number of methoxy groups -OCH3 is 1. The maximum absolute atomic E-state index is 13.4. The SMILES string of the molecule is COCCCOCCCOCCCOc1cc(O)c(C(F)(F)F)c(F)c1. The molecule has 0 amide bonds. The summed E-state index contributed by atoms with van der Waals surface area (Å²) in [5.74, 6) is -2.94. The van der Waals surface area contributed by atoms with Crippen LogP contribution in [-0.4, -0.2) is 51.9 Å². The molecule has 0 atom stereocenters. The zero-order valence-corrected chi connectivity index (χ0v) is 14.6. The number of halogens is 4. The van der Waals surface area contributed by atoms with Gasteiger partial charge in [-0.15, -0.1) is 0 Å². The molecule has 0 unspecified atom stereocenters. The molecule has 0 spiro atoms. The van der Waals surface area contributed by atoms with Crippen LogP contribution in [-0.2, 0) is 20.4 Å². The Balaban J connectivity index is 2.13. The van der Waals surface area contributed by atoms with E-state index < -0.39 is 23.3 Å². The van der Waals surface area contributed by atoms with Gasteiger partial charge in [0, 0.05) is 58.7 Å². The van der Waals surface area contributed by atoms with Crippen molar-refractivity contribution < 1.29 is 41.6 Å². The number of benzene rings is 1. The van der Waals surface area contributed by atoms with E-state index in [1.807, 2.05) is 0 Å². The van der Waals surface area contributed by atoms with E-state index in [9.17, 15) is 22.7 Å². The van der Waals surface area contributed by atoms with E-state index in [0.717, 1.165) is 18.9 Å². The van der Waals surface area contributed by atoms with Crippen LogP contribution in [0.1, 0.15) is 24.8 Å². The first-order chi connectivity index (χ1) is 12.4. The van der Waals surface area contributed by atoms with Crippen molar-refractivity contribution >= 4 is 0 Å². The molecule has 0 bridgehead atoms. The van der Waals surface area contributed by atoms with Gasteiger partial charge in [-0.05, 0) is 12.8 Å². The topological polar surface area (TPSA) is 57.2 Å². The third kappa shape index (κ3) is 8.68. The molecule has 0 heterocycles. The minimum Gasteiger partial charge on any atom is -0.507 e. The maximum Gasteiger partial charge on any atom is 0.422 e. The highest BCUT2D eigenvalue weighted by molar-refractivity contribution is 5.42. The van der Waals surface area contributed by atoms with Crippen molar-refractivity contribution in [3.63, 3.8) is 0 Å². The molecule has 150 valence electrons. The normalized spacial score (nSPS) is 11.7. The zero-order chi connectivity index (χ0) is 19.4. The minimum atomic E-state index is -4.96. The molecule has 26 heavy (non-hydrogen) atoms. The first-order valence-electron chi connectivity index (χ1n) is 8.23. The molecule has 0 aromatic heterocycles. The molecule has 0 saturated heterocycles. The molecule has 0 fully saturated rings. The largest absolute Gasteiger partial charge is 0.507 e. The van der Waals surface area contributed by atoms with Crippen LogP contribution in [0.25, 0.3) is 0 Å². The lowest BCUT2D eigenvalue weighted by Gasteiger charge is -2.12. The third-order valence-corrected chi connectivity index (χ3v) is 3.24. The summed E-state index contributed by atoms with van der Waals surface area (Å²) in [7, 11) is 1.63. The van der Waals surface area contributed by atoms with Gasteiger partial charge in [0.05, 0.1) is 6.61 Å². The van der Waals surface area contributed by atoms with Crippen molar-refractivity contribution in [2.75, 3.05) is 46.8 Å². The first-order valence-corrected chi connectivity index (χ1v) is 8.23. The Morgan fingerprint density at radius 2 is 1.42 bits per heavy atom. The number of hydrogen-bond acceptors (Lipinski definition) is 5. The van der Waals surface area contributed by atoms with E-state index in [-0.39, 0.29) is 12.4 Å². The lowest BCUT2D eigenvalue weighted by Crippen LogP contribution is -2.10. The van der Waals surface area contributed by atoms with Gasteiger partial charge in [0.1, 0.15) is 22.9 Å². The van der Waals surface area contributed by atoms with Gasteiger partial charge in [-0.2, -0.15) is 13.2 Å². The van der Waals surface area contributed by atoms with Crippen molar-refractivity contribution in [1.82, 2.24) is 0 Å². The third-order valence-electron chi connectivity index (χ3n) is 3.24. The van der Waals surface area contributed by atoms with Crippen molar-refractivity contribution in [1.29, 1.82) is 0 Å². The second kappa shape index (κ2) is 11.9. The van der Waals surface area contributed by atoms with Gasteiger partial charge in [0.15, 0.2) is 0 Å². The highest BCUT2D eigenvalue weighted by Gasteiger charge is 2.37. The second-order valence-electron chi connectivity index (χ2n) is 5.42. The lowest BCUT2D eigenvalue weighted by atomic mass is 10.1. The van der Waals surface area contributed by atoms with Crippen LogP contribution in [0.3, 0.4) is 0 Å². The Bertz CT molecular complexity index is 499. The van der Waals surface area contributed by atoms with E-state index >= 15 is 0 Å². The van der Waals surface area contributed by atoms with Gasteiger partial charge in [-0.25, -0.2) is 4.39 Å². The molecule has 0 radical (unpaired) electrons. The zero-order valence-electron chi connectivity index (χ0n) is 14.6. The van der Waals surface area contributed by atoms with Gasteiger partial charge in [0.2, 0.25) is 0 Å². The number of alkyl halides is 3. The molecule has 1 N–H and O–H groups in total. The molecule has 1 rings (SSSR count). The van der Waals surface area contributed by atoms with Crippen LogP contribution < -0.4 is 4.74 Å². The van der Waals surface area contributed by atoms with Gasteiger partial charge < -0.3 is 24.1 Å². The summed E-state index contributed by atoms with van der Waals surface area (Å²) < 4.78 is 71.8. The van der Waals surface area contributed by atoms with Crippen LogP contribution in [0.15, 0.2) is 12.1 Å². The van der Waals surface area contributed by atoms with E-state index in [1.54, 1.807) is 7.11 Å². The van der Waals surface area contributed by atoms with Crippen molar-refractivity contribution in [3.8, 4) is 11.5 Å². The van der Waals surface area contributed by atoms with Crippen LogP contribution in [0.5, 0.6) is 11.5 Å². The number of hydrogen-bond donors (Lipinski definition) is 1. The van der Waals surface area contributed by atoms with Crippen LogP contribution in [0, 0.1) is 5.82 Å². The fourth-order valence-electron chi connectivity index (χ4n) is 2.06. The number of rotatable bonds is 13. The van der Waals surface area contributed by atoms with Gasteiger partial charge in [-0.1, -0.05) is 0 Å². The number of phenols is 1. The van der Waals surface area contributed by atoms with Crippen molar-refractivity contribution in [2.45, 2.75) is 25.4 Å². The summed E-state index contributed by atoms with van der Waals surface area (Å²) >= 11 is 0. The molecular formula is C17H24F4O5. The molecule has 0 saturated carbocycles. The highest BCUT2D eigenvalue weighted by Crippen LogP contribution is 2.39. The Kier molecular flexibility index (Phi) is 10.3. The van der Waals surface area contributed by atoms with E-state index in [4.69, 9.17) is 18.9 Å². The van der Waals surface area contributed by atoms with Crippen LogP contribution in [0.4, 0.5) is 17.6 Å². The summed E-state index contributed by atoms with van der Waals surface area (Å²) in [6.45, 7) is 2.91. The number of aromatic hydroxyl groups is 1. The van der Waals surface area contributed by atoms with Gasteiger partial charge in [-0.3, -0.25) is 0 Å². The van der Waals surface area contributed by atoms with E-state index in [0.29, 0.717) is 45.5 Å². The highest BCUT2D eigenvalue weighted by atomic mass is 19.4. The van der Waals surface area contributed by atoms with E-state index in [1.165, 1.54) is 0 Å². The fourth-order valence-corrected chi connectivity index (χ4v) is 2.06. The summed E-state index contributed by atoms with van der Waals surface area (Å²) in [6, 6.07) is 1.35. The Hall–Kier alpha value is -1.58. The Labute approximate surface area is 149 Å². The van der Waals surface area contributed by atoms with Crippen molar-refractivity contribution in [2.24, 2.45) is 0 Å². The first kappa shape index (κ1) is 22.5. The molecule has 0 aliphatic carbocycles. The lowest BCUT2D eigenvalue weighted by molar-refractivity contribution is -0.141. The average molecular weight is 384 g/mol. The average Bonchev–Trinajstić information content (AvgIpc) is 2.54.